The van der Waals surface area contributed by atoms with Crippen LogP contribution in [0.2, 0.25) is 0 Å². The molecule has 0 aromatic carbocycles. The maximum atomic E-state index is 8.09. The van der Waals surface area contributed by atoms with Crippen LogP contribution in [0, 0.1) is 0 Å². The maximum Gasteiger partial charge on any atom is 0.120 e. The zero-order valence-corrected chi connectivity index (χ0v) is 6.80. The summed E-state index contributed by atoms with van der Waals surface area (Å²) in [6.07, 6.45) is 0. The maximum absolute atomic E-state index is 8.09. The average molecular weight is 164 g/mol. The lowest BCUT2D eigenvalue weighted by atomic mass is 10.4. The van der Waals surface area contributed by atoms with Crippen LogP contribution in [0.25, 0.3) is 0 Å². The molecule has 4 nitrogen and oxygen atoms in total. The minimum absolute atomic E-state index is 0.946. The van der Waals surface area contributed by atoms with Crippen LogP contribution in [-0.2, 0) is 4.33 Å². The standard InChI is InChI=1S/C5H12N2O2S/c1-6-2-4-7(5-3-6)10-9-8/h8H,2-5H2,1H3. The molecule has 1 N–H and O–H groups in total. The molecular weight excluding hydrogens is 152 g/mol. The predicted molar refractivity (Wildman–Crippen MR) is 40.4 cm³/mol. The van der Waals surface area contributed by atoms with Gasteiger partial charge in [-0.2, -0.15) is 0 Å². The monoisotopic (exact) mass is 164 g/mol. The average Bonchev–Trinajstić information content (AvgIpc) is 1.95. The van der Waals surface area contributed by atoms with Gasteiger partial charge in [-0.3, -0.25) is 0 Å². The summed E-state index contributed by atoms with van der Waals surface area (Å²) in [6.45, 7) is 3.97. The van der Waals surface area contributed by atoms with E-state index in [0.717, 1.165) is 38.4 Å². The molecule has 0 atom stereocenters. The molecule has 0 unspecified atom stereocenters. The summed E-state index contributed by atoms with van der Waals surface area (Å²) in [7, 11) is 2.09. The predicted octanol–water partition coefficient (Wildman–Crippen LogP) is 0.287. The van der Waals surface area contributed by atoms with Crippen LogP contribution in [0.15, 0.2) is 0 Å². The number of likely N-dealkylation sites (N-methyl/N-ethyl adjacent to an activating group) is 1. The van der Waals surface area contributed by atoms with Crippen molar-refractivity contribution < 1.29 is 9.59 Å². The van der Waals surface area contributed by atoms with Crippen molar-refractivity contribution in [3.8, 4) is 0 Å². The molecule has 0 radical (unpaired) electrons. The van der Waals surface area contributed by atoms with Crippen LogP contribution in [0.1, 0.15) is 0 Å². The summed E-state index contributed by atoms with van der Waals surface area (Å²) in [6, 6.07) is 0. The fraction of sp³-hybridized carbons (Fsp3) is 1.00. The minimum atomic E-state index is 0.946. The number of piperazine rings is 1. The smallest absolute Gasteiger partial charge is 0.120 e. The molecule has 1 saturated heterocycles. The van der Waals surface area contributed by atoms with Crippen LogP contribution in [0.5, 0.6) is 0 Å². The van der Waals surface area contributed by atoms with Crippen molar-refractivity contribution in [1.29, 1.82) is 0 Å². The number of hydrogen-bond acceptors (Lipinski definition) is 5. The van der Waals surface area contributed by atoms with E-state index in [1.165, 1.54) is 0 Å². The van der Waals surface area contributed by atoms with Crippen LogP contribution in [-0.4, -0.2) is 47.7 Å². The highest BCUT2D eigenvalue weighted by molar-refractivity contribution is 7.92. The van der Waals surface area contributed by atoms with E-state index in [1.807, 2.05) is 4.31 Å². The zero-order chi connectivity index (χ0) is 7.40. The Morgan fingerprint density at radius 2 is 1.90 bits per heavy atom. The third kappa shape index (κ3) is 2.43. The molecule has 0 aliphatic carbocycles. The Morgan fingerprint density at radius 3 is 2.40 bits per heavy atom. The van der Waals surface area contributed by atoms with Crippen molar-refractivity contribution in [2.75, 3.05) is 33.2 Å². The van der Waals surface area contributed by atoms with Gasteiger partial charge < -0.3 is 4.90 Å². The molecule has 60 valence electrons. The van der Waals surface area contributed by atoms with Crippen molar-refractivity contribution >= 4 is 12.2 Å². The Bertz CT molecular complexity index is 95.6. The van der Waals surface area contributed by atoms with Gasteiger partial charge in [-0.1, -0.05) is 0 Å². The molecule has 0 spiro atoms. The Hall–Kier alpha value is 0.190. The summed E-state index contributed by atoms with van der Waals surface area (Å²) < 4.78 is 5.93. The van der Waals surface area contributed by atoms with Crippen molar-refractivity contribution in [3.63, 3.8) is 0 Å². The van der Waals surface area contributed by atoms with E-state index in [9.17, 15) is 0 Å². The summed E-state index contributed by atoms with van der Waals surface area (Å²) in [4.78, 5) is 2.24. The van der Waals surface area contributed by atoms with Gasteiger partial charge >= 0.3 is 0 Å². The van der Waals surface area contributed by atoms with E-state index in [2.05, 4.69) is 16.3 Å². The normalized spacial score (nSPS) is 23.4. The van der Waals surface area contributed by atoms with Gasteiger partial charge in [0.2, 0.25) is 0 Å². The molecule has 1 heterocycles. The molecule has 0 amide bonds. The minimum Gasteiger partial charge on any atom is -0.304 e. The molecule has 1 aliphatic rings. The van der Waals surface area contributed by atoms with Crippen LogP contribution in [0.4, 0.5) is 0 Å². The van der Waals surface area contributed by atoms with Gasteiger partial charge in [-0.25, -0.2) is 9.56 Å². The van der Waals surface area contributed by atoms with Gasteiger partial charge in [0.15, 0.2) is 0 Å². The van der Waals surface area contributed by atoms with Gasteiger partial charge in [0.1, 0.15) is 12.2 Å². The molecule has 0 saturated carbocycles. The highest BCUT2D eigenvalue weighted by Crippen LogP contribution is 2.11. The van der Waals surface area contributed by atoms with Crippen molar-refractivity contribution in [1.82, 2.24) is 9.21 Å². The fourth-order valence-corrected chi connectivity index (χ4v) is 1.32. The van der Waals surface area contributed by atoms with Gasteiger partial charge in [0, 0.05) is 26.2 Å². The first-order valence-electron chi connectivity index (χ1n) is 3.24. The lowest BCUT2D eigenvalue weighted by Crippen LogP contribution is -2.41. The topological polar surface area (TPSA) is 35.9 Å². The second-order valence-corrected chi connectivity index (χ2v) is 3.20. The fourth-order valence-electron chi connectivity index (χ4n) is 0.910. The van der Waals surface area contributed by atoms with E-state index in [1.54, 1.807) is 0 Å². The highest BCUT2D eigenvalue weighted by Gasteiger charge is 2.13. The lowest BCUT2D eigenvalue weighted by Gasteiger charge is -2.29. The summed E-state index contributed by atoms with van der Waals surface area (Å²) in [5, 5.41) is 8.09. The molecule has 5 heteroatoms. The first kappa shape index (κ1) is 8.29. The number of hydrogen-bond donors (Lipinski definition) is 1. The van der Waals surface area contributed by atoms with E-state index in [-0.39, 0.29) is 0 Å². The van der Waals surface area contributed by atoms with Crippen molar-refractivity contribution in [2.24, 2.45) is 0 Å². The van der Waals surface area contributed by atoms with Gasteiger partial charge in [0.25, 0.3) is 0 Å². The SMILES string of the molecule is CN1CCN(SOO)CC1. The summed E-state index contributed by atoms with van der Waals surface area (Å²) >= 11 is 1.02. The first-order chi connectivity index (χ1) is 4.83. The molecule has 1 fully saturated rings. The molecule has 1 aliphatic heterocycles. The Labute approximate surface area is 65.0 Å². The van der Waals surface area contributed by atoms with Gasteiger partial charge in [-0.15, -0.1) is 4.33 Å². The molecule has 0 aromatic rings. The molecule has 1 rings (SSSR count). The van der Waals surface area contributed by atoms with Crippen LogP contribution < -0.4 is 0 Å². The molecule has 0 aromatic heterocycles. The van der Waals surface area contributed by atoms with Crippen molar-refractivity contribution in [2.45, 2.75) is 0 Å². The van der Waals surface area contributed by atoms with Crippen LogP contribution >= 0.6 is 12.2 Å². The second kappa shape index (κ2) is 4.15. The molecule has 0 bridgehead atoms. The van der Waals surface area contributed by atoms with Gasteiger partial charge in [0.05, 0.1) is 0 Å². The lowest BCUT2D eigenvalue weighted by molar-refractivity contribution is -0.121. The number of nitrogens with zero attached hydrogens (tertiary/aromatic N) is 2. The Kier molecular flexibility index (Phi) is 3.44. The van der Waals surface area contributed by atoms with E-state index >= 15 is 0 Å². The highest BCUT2D eigenvalue weighted by atomic mass is 32.2. The Balaban J connectivity index is 2.13. The number of rotatable bonds is 2. The van der Waals surface area contributed by atoms with Crippen molar-refractivity contribution in [3.05, 3.63) is 0 Å². The third-order valence-electron chi connectivity index (χ3n) is 1.60. The third-order valence-corrected chi connectivity index (χ3v) is 2.24. The summed E-state index contributed by atoms with van der Waals surface area (Å²) in [5.41, 5.74) is 0. The largest absolute Gasteiger partial charge is 0.304 e. The quantitative estimate of drug-likeness (QED) is 0.275. The Morgan fingerprint density at radius 1 is 1.30 bits per heavy atom. The van der Waals surface area contributed by atoms with E-state index < -0.39 is 0 Å². The zero-order valence-electron chi connectivity index (χ0n) is 5.99. The van der Waals surface area contributed by atoms with Crippen LogP contribution in [0.3, 0.4) is 0 Å². The van der Waals surface area contributed by atoms with Gasteiger partial charge in [-0.05, 0) is 7.05 Å². The second-order valence-electron chi connectivity index (χ2n) is 2.38. The van der Waals surface area contributed by atoms with E-state index in [4.69, 9.17) is 5.26 Å². The molecule has 10 heavy (non-hydrogen) atoms. The van der Waals surface area contributed by atoms with E-state index in [0.29, 0.717) is 0 Å². The summed E-state index contributed by atoms with van der Waals surface area (Å²) in [5.74, 6) is 0. The molecular formula is C5H12N2O2S. The first-order valence-corrected chi connectivity index (χ1v) is 3.94.